The van der Waals surface area contributed by atoms with Crippen LogP contribution >= 0.6 is 0 Å². The van der Waals surface area contributed by atoms with E-state index >= 15 is 0 Å². The van der Waals surface area contributed by atoms with Crippen LogP contribution in [0.5, 0.6) is 0 Å². The molecule has 0 aliphatic rings. The number of nitrogens with two attached hydrogens (primary N) is 1. The van der Waals surface area contributed by atoms with Crippen molar-refractivity contribution in [1.82, 2.24) is 15.3 Å². The van der Waals surface area contributed by atoms with Crippen LogP contribution in [0.25, 0.3) is 0 Å². The zero-order valence-electron chi connectivity index (χ0n) is 11.7. The lowest BCUT2D eigenvalue weighted by molar-refractivity contribution is -0.141. The number of nitrogens with zero attached hydrogens (tertiary/aromatic N) is 3. The average Bonchev–Trinajstić information content (AvgIpc) is 2.43. The number of aromatic nitrogens is 2. The van der Waals surface area contributed by atoms with Crippen molar-refractivity contribution in [3.05, 3.63) is 11.8 Å². The lowest BCUT2D eigenvalue weighted by atomic mass is 10.3. The van der Waals surface area contributed by atoms with Crippen LogP contribution in [0.2, 0.25) is 0 Å². The van der Waals surface area contributed by atoms with Crippen molar-refractivity contribution in [3.8, 4) is 0 Å². The normalized spacial score (nSPS) is 11.1. The summed E-state index contributed by atoms with van der Waals surface area (Å²) in [6, 6.07) is 0.781. The van der Waals surface area contributed by atoms with Gasteiger partial charge in [-0.1, -0.05) is 0 Å². The van der Waals surface area contributed by atoms with Crippen molar-refractivity contribution in [2.75, 3.05) is 30.0 Å². The molecule has 0 bridgehead atoms. The average molecular weight is 306 g/mol. The fraction of sp³-hybridized carbons (Fsp3) is 0.545. The molecular formula is C11H17F3N6O. The van der Waals surface area contributed by atoms with Crippen LogP contribution in [0.15, 0.2) is 6.07 Å². The van der Waals surface area contributed by atoms with E-state index in [0.29, 0.717) is 13.1 Å². The van der Waals surface area contributed by atoms with Gasteiger partial charge in [-0.05, 0) is 13.8 Å². The van der Waals surface area contributed by atoms with E-state index in [1.807, 2.05) is 5.43 Å². The summed E-state index contributed by atoms with van der Waals surface area (Å²) in [5.41, 5.74) is 0.858. The molecule has 0 aliphatic carbocycles. The highest BCUT2D eigenvalue weighted by Gasteiger charge is 2.34. The fourth-order valence-corrected chi connectivity index (χ4v) is 1.59. The highest BCUT2D eigenvalue weighted by atomic mass is 19.4. The molecule has 0 unspecified atom stereocenters. The Morgan fingerprint density at radius 1 is 1.38 bits per heavy atom. The van der Waals surface area contributed by atoms with Crippen LogP contribution in [-0.4, -0.2) is 35.5 Å². The van der Waals surface area contributed by atoms with E-state index in [9.17, 15) is 18.0 Å². The number of amides is 1. The second-order valence-corrected chi connectivity index (χ2v) is 4.04. The van der Waals surface area contributed by atoms with Crippen molar-refractivity contribution in [3.63, 3.8) is 0 Å². The maximum atomic E-state index is 12.8. The summed E-state index contributed by atoms with van der Waals surface area (Å²) in [5.74, 6) is 4.37. The number of nitrogen functional groups attached to an aromatic ring is 1. The van der Waals surface area contributed by atoms with Crippen molar-refractivity contribution in [2.24, 2.45) is 5.84 Å². The molecule has 1 heterocycles. The summed E-state index contributed by atoms with van der Waals surface area (Å²) in [4.78, 5) is 20.1. The number of hydrogen-bond acceptors (Lipinski definition) is 6. The van der Waals surface area contributed by atoms with Crippen molar-refractivity contribution in [1.29, 1.82) is 0 Å². The molecule has 10 heteroatoms. The Labute approximate surface area is 119 Å². The number of likely N-dealkylation sites (N-methyl/N-ethyl adjacent to an activating group) is 2. The van der Waals surface area contributed by atoms with Gasteiger partial charge in [0, 0.05) is 19.2 Å². The van der Waals surface area contributed by atoms with E-state index in [2.05, 4.69) is 15.3 Å². The highest BCUT2D eigenvalue weighted by Crippen LogP contribution is 2.30. The topological polar surface area (TPSA) is 96.2 Å². The number of anilines is 2. The Hall–Kier alpha value is -2.10. The van der Waals surface area contributed by atoms with Gasteiger partial charge in [-0.15, -0.1) is 0 Å². The van der Waals surface area contributed by atoms with Crippen LogP contribution in [0.4, 0.5) is 24.9 Å². The van der Waals surface area contributed by atoms with Gasteiger partial charge in [-0.3, -0.25) is 10.2 Å². The molecule has 0 radical (unpaired) electrons. The summed E-state index contributed by atoms with van der Waals surface area (Å²) in [6.45, 7) is 4.07. The summed E-state index contributed by atoms with van der Waals surface area (Å²) in [7, 11) is 0. The minimum atomic E-state index is -4.63. The largest absolute Gasteiger partial charge is 0.433 e. The number of halogens is 3. The molecule has 4 N–H and O–H groups in total. The van der Waals surface area contributed by atoms with E-state index in [1.165, 1.54) is 4.90 Å². The monoisotopic (exact) mass is 306 g/mol. The lowest BCUT2D eigenvalue weighted by Gasteiger charge is -2.22. The van der Waals surface area contributed by atoms with Crippen molar-refractivity contribution in [2.45, 2.75) is 20.0 Å². The van der Waals surface area contributed by atoms with Gasteiger partial charge in [0.1, 0.15) is 5.82 Å². The predicted octanol–water partition coefficient (Wildman–Crippen LogP) is 0.743. The van der Waals surface area contributed by atoms with Crippen molar-refractivity contribution >= 4 is 17.7 Å². The zero-order chi connectivity index (χ0) is 16.0. The van der Waals surface area contributed by atoms with Gasteiger partial charge in [0.25, 0.3) is 0 Å². The molecule has 7 nitrogen and oxygen atoms in total. The van der Waals surface area contributed by atoms with Crippen LogP contribution in [-0.2, 0) is 11.0 Å². The van der Waals surface area contributed by atoms with E-state index < -0.39 is 11.9 Å². The minimum absolute atomic E-state index is 0.0287. The third-order valence-electron chi connectivity index (χ3n) is 2.55. The number of hydrogen-bond donors (Lipinski definition) is 3. The maximum Gasteiger partial charge on any atom is 0.433 e. The number of hydrazine groups is 1. The third kappa shape index (κ3) is 4.74. The number of carbonyl (C=O) groups excluding carboxylic acids is 1. The van der Waals surface area contributed by atoms with Crippen molar-refractivity contribution < 1.29 is 18.0 Å². The zero-order valence-corrected chi connectivity index (χ0v) is 11.7. The SMILES string of the molecule is CCNC(=O)CN(CC)c1cc(C(F)(F)F)nc(NN)n1. The van der Waals surface area contributed by atoms with Gasteiger partial charge in [-0.25, -0.2) is 10.8 Å². The summed E-state index contributed by atoms with van der Waals surface area (Å²) < 4.78 is 38.3. The molecule has 0 aliphatic heterocycles. The molecule has 1 amide bonds. The molecule has 0 spiro atoms. The first-order valence-electron chi connectivity index (χ1n) is 6.26. The molecule has 0 aromatic carbocycles. The highest BCUT2D eigenvalue weighted by molar-refractivity contribution is 5.81. The fourth-order valence-electron chi connectivity index (χ4n) is 1.59. The molecule has 0 saturated carbocycles. The first-order chi connectivity index (χ1) is 9.81. The molecule has 118 valence electrons. The molecule has 1 aromatic heterocycles. The van der Waals surface area contributed by atoms with Crippen LogP contribution in [0, 0.1) is 0 Å². The predicted molar refractivity (Wildman–Crippen MR) is 71.4 cm³/mol. The number of rotatable bonds is 6. The number of nitrogens with one attached hydrogen (secondary N) is 2. The number of alkyl halides is 3. The molecule has 1 aromatic rings. The second-order valence-electron chi connectivity index (χ2n) is 4.04. The molecule has 0 fully saturated rings. The molecule has 21 heavy (non-hydrogen) atoms. The standard InChI is InChI=1S/C11H17F3N6O/c1-3-16-9(21)6-20(4-2)8-5-7(11(12,13)14)17-10(18-8)19-15/h5H,3-4,6,15H2,1-2H3,(H,16,21)(H,17,18,19). The number of carbonyl (C=O) groups is 1. The third-order valence-corrected chi connectivity index (χ3v) is 2.55. The van der Waals surface area contributed by atoms with Gasteiger partial charge < -0.3 is 10.2 Å². The molecule has 0 atom stereocenters. The van der Waals surface area contributed by atoms with E-state index in [4.69, 9.17) is 5.84 Å². The molecule has 1 rings (SSSR count). The summed E-state index contributed by atoms with van der Waals surface area (Å²) in [6.07, 6.45) is -4.63. The Kier molecular flexibility index (Phi) is 5.70. The Balaban J connectivity index is 3.11. The van der Waals surface area contributed by atoms with E-state index in [1.54, 1.807) is 13.8 Å². The molecule has 0 saturated heterocycles. The smallest absolute Gasteiger partial charge is 0.355 e. The van der Waals surface area contributed by atoms with Gasteiger partial charge in [-0.2, -0.15) is 18.2 Å². The van der Waals surface area contributed by atoms with E-state index in [0.717, 1.165) is 6.07 Å². The Bertz CT molecular complexity index is 493. The summed E-state index contributed by atoms with van der Waals surface area (Å²) in [5, 5.41) is 2.57. The van der Waals surface area contributed by atoms with Crippen LogP contribution in [0.1, 0.15) is 19.5 Å². The van der Waals surface area contributed by atoms with Gasteiger partial charge >= 0.3 is 6.18 Å². The van der Waals surface area contributed by atoms with Gasteiger partial charge in [0.2, 0.25) is 11.9 Å². The maximum absolute atomic E-state index is 12.8. The van der Waals surface area contributed by atoms with E-state index in [-0.39, 0.29) is 24.2 Å². The lowest BCUT2D eigenvalue weighted by Crippen LogP contribution is -2.37. The Morgan fingerprint density at radius 2 is 2.05 bits per heavy atom. The minimum Gasteiger partial charge on any atom is -0.355 e. The Morgan fingerprint density at radius 3 is 2.52 bits per heavy atom. The van der Waals surface area contributed by atoms with Gasteiger partial charge in [0.05, 0.1) is 6.54 Å². The first-order valence-corrected chi connectivity index (χ1v) is 6.26. The second kappa shape index (κ2) is 7.07. The molecular weight excluding hydrogens is 289 g/mol. The van der Waals surface area contributed by atoms with Crippen LogP contribution < -0.4 is 21.5 Å². The first kappa shape index (κ1) is 17.0. The van der Waals surface area contributed by atoms with Crippen LogP contribution in [0.3, 0.4) is 0 Å². The quantitative estimate of drug-likeness (QED) is 0.530. The summed E-state index contributed by atoms with van der Waals surface area (Å²) >= 11 is 0. The van der Waals surface area contributed by atoms with Gasteiger partial charge in [0.15, 0.2) is 5.69 Å².